The average molecular weight is 262 g/mol. The number of aromatic nitrogens is 2. The molecule has 0 saturated carbocycles. The molecule has 0 aromatic carbocycles. The summed E-state index contributed by atoms with van der Waals surface area (Å²) in [5.41, 5.74) is 1.04. The summed E-state index contributed by atoms with van der Waals surface area (Å²) in [6, 6.07) is 2.10. The van der Waals surface area contributed by atoms with Crippen LogP contribution in [0.15, 0.2) is 6.07 Å². The summed E-state index contributed by atoms with van der Waals surface area (Å²) < 4.78 is 0. The molecular formula is C15H26N4. The zero-order chi connectivity index (χ0) is 13.8. The molecule has 1 aliphatic heterocycles. The van der Waals surface area contributed by atoms with Crippen molar-refractivity contribution in [3.05, 3.63) is 11.8 Å². The SMILES string of the molecule is Cc1cc(N2CCCC(C)C2)nc(NCC(C)C)n1. The van der Waals surface area contributed by atoms with Crippen LogP contribution in [0.25, 0.3) is 0 Å². The first-order chi connectivity index (χ1) is 9.04. The minimum atomic E-state index is 0.600. The van der Waals surface area contributed by atoms with Gasteiger partial charge in [-0.2, -0.15) is 4.98 Å². The maximum Gasteiger partial charge on any atom is 0.224 e. The van der Waals surface area contributed by atoms with Crippen LogP contribution >= 0.6 is 0 Å². The third kappa shape index (κ3) is 4.08. The summed E-state index contributed by atoms with van der Waals surface area (Å²) in [6.45, 7) is 11.9. The van der Waals surface area contributed by atoms with Crippen LogP contribution in [0.5, 0.6) is 0 Å². The molecule has 1 saturated heterocycles. The van der Waals surface area contributed by atoms with Gasteiger partial charge in [-0.3, -0.25) is 0 Å². The molecule has 1 aromatic rings. The Morgan fingerprint density at radius 3 is 2.89 bits per heavy atom. The Bertz CT molecular complexity index is 417. The minimum Gasteiger partial charge on any atom is -0.356 e. The predicted octanol–water partition coefficient (Wildman–Crippen LogP) is 3.09. The van der Waals surface area contributed by atoms with Gasteiger partial charge in [0.05, 0.1) is 0 Å². The van der Waals surface area contributed by atoms with E-state index in [0.29, 0.717) is 5.92 Å². The zero-order valence-corrected chi connectivity index (χ0v) is 12.6. The van der Waals surface area contributed by atoms with E-state index in [-0.39, 0.29) is 0 Å². The van der Waals surface area contributed by atoms with Crippen molar-refractivity contribution < 1.29 is 0 Å². The van der Waals surface area contributed by atoms with Gasteiger partial charge in [0.1, 0.15) is 5.82 Å². The van der Waals surface area contributed by atoms with Gasteiger partial charge < -0.3 is 10.2 Å². The topological polar surface area (TPSA) is 41.1 Å². The summed E-state index contributed by atoms with van der Waals surface area (Å²) in [7, 11) is 0. The molecule has 2 rings (SSSR count). The lowest BCUT2D eigenvalue weighted by molar-refractivity contribution is 0.444. The van der Waals surface area contributed by atoms with E-state index >= 15 is 0 Å². The molecule has 0 radical (unpaired) electrons. The second kappa shape index (κ2) is 6.22. The maximum atomic E-state index is 4.67. The molecule has 4 heteroatoms. The smallest absolute Gasteiger partial charge is 0.224 e. The van der Waals surface area contributed by atoms with E-state index in [9.17, 15) is 0 Å². The first kappa shape index (κ1) is 14.1. The molecule has 1 unspecified atom stereocenters. The fourth-order valence-corrected chi connectivity index (χ4v) is 2.49. The number of aryl methyl sites for hydroxylation is 1. The van der Waals surface area contributed by atoms with Crippen molar-refractivity contribution in [2.24, 2.45) is 11.8 Å². The van der Waals surface area contributed by atoms with Crippen molar-refractivity contribution in [1.29, 1.82) is 0 Å². The highest BCUT2D eigenvalue weighted by Crippen LogP contribution is 2.22. The quantitative estimate of drug-likeness (QED) is 0.905. The lowest BCUT2D eigenvalue weighted by Crippen LogP contribution is -2.35. The Morgan fingerprint density at radius 2 is 2.21 bits per heavy atom. The van der Waals surface area contributed by atoms with Crippen LogP contribution in [0.4, 0.5) is 11.8 Å². The lowest BCUT2D eigenvalue weighted by Gasteiger charge is -2.32. The van der Waals surface area contributed by atoms with Gasteiger partial charge in [0.2, 0.25) is 5.95 Å². The second-order valence-electron chi connectivity index (χ2n) is 6.16. The number of piperidine rings is 1. The van der Waals surface area contributed by atoms with Crippen molar-refractivity contribution in [2.75, 3.05) is 29.9 Å². The van der Waals surface area contributed by atoms with Crippen LogP contribution in [0.3, 0.4) is 0 Å². The zero-order valence-electron chi connectivity index (χ0n) is 12.6. The molecule has 0 spiro atoms. The summed E-state index contributed by atoms with van der Waals surface area (Å²) >= 11 is 0. The van der Waals surface area contributed by atoms with Gasteiger partial charge in [-0.05, 0) is 31.6 Å². The van der Waals surface area contributed by atoms with E-state index < -0.39 is 0 Å². The van der Waals surface area contributed by atoms with Crippen molar-refractivity contribution in [3.8, 4) is 0 Å². The summed E-state index contributed by atoms with van der Waals surface area (Å²) in [6.07, 6.45) is 2.60. The number of anilines is 2. The summed E-state index contributed by atoms with van der Waals surface area (Å²) in [5, 5.41) is 3.33. The Kier molecular flexibility index (Phi) is 4.61. The molecule has 1 fully saturated rings. The molecule has 4 nitrogen and oxygen atoms in total. The van der Waals surface area contributed by atoms with Crippen molar-refractivity contribution in [2.45, 2.75) is 40.5 Å². The molecule has 1 N–H and O–H groups in total. The highest BCUT2D eigenvalue weighted by Gasteiger charge is 2.18. The molecule has 1 aromatic heterocycles. The number of hydrogen-bond acceptors (Lipinski definition) is 4. The van der Waals surface area contributed by atoms with Gasteiger partial charge in [-0.25, -0.2) is 4.98 Å². The molecule has 0 bridgehead atoms. The number of hydrogen-bond donors (Lipinski definition) is 1. The summed E-state index contributed by atoms with van der Waals surface area (Å²) in [5.74, 6) is 3.20. The van der Waals surface area contributed by atoms with Crippen molar-refractivity contribution >= 4 is 11.8 Å². The van der Waals surface area contributed by atoms with Gasteiger partial charge in [0, 0.05) is 31.4 Å². The van der Waals surface area contributed by atoms with Crippen LogP contribution < -0.4 is 10.2 Å². The largest absolute Gasteiger partial charge is 0.356 e. The fraction of sp³-hybridized carbons (Fsp3) is 0.733. The van der Waals surface area contributed by atoms with Crippen LogP contribution in [-0.4, -0.2) is 29.6 Å². The maximum absolute atomic E-state index is 4.67. The third-order valence-corrected chi connectivity index (χ3v) is 3.49. The lowest BCUT2D eigenvalue weighted by atomic mass is 10.0. The summed E-state index contributed by atoms with van der Waals surface area (Å²) in [4.78, 5) is 11.5. The monoisotopic (exact) mass is 262 g/mol. The van der Waals surface area contributed by atoms with E-state index in [1.165, 1.54) is 12.8 Å². The van der Waals surface area contributed by atoms with Gasteiger partial charge in [-0.15, -0.1) is 0 Å². The van der Waals surface area contributed by atoms with E-state index in [1.807, 2.05) is 6.92 Å². The van der Waals surface area contributed by atoms with E-state index in [2.05, 4.69) is 47.0 Å². The number of nitrogens with one attached hydrogen (secondary N) is 1. The number of nitrogens with zero attached hydrogens (tertiary/aromatic N) is 3. The Balaban J connectivity index is 2.11. The molecular weight excluding hydrogens is 236 g/mol. The van der Waals surface area contributed by atoms with Gasteiger partial charge in [0.15, 0.2) is 0 Å². The van der Waals surface area contributed by atoms with Crippen molar-refractivity contribution in [3.63, 3.8) is 0 Å². The van der Waals surface area contributed by atoms with Gasteiger partial charge >= 0.3 is 0 Å². The first-order valence-electron chi connectivity index (χ1n) is 7.39. The van der Waals surface area contributed by atoms with Crippen molar-refractivity contribution in [1.82, 2.24) is 9.97 Å². The van der Waals surface area contributed by atoms with Crippen LogP contribution in [0.2, 0.25) is 0 Å². The standard InChI is InChI=1S/C15H26N4/c1-11(2)9-16-15-17-13(4)8-14(18-15)19-7-5-6-12(3)10-19/h8,11-12H,5-7,9-10H2,1-4H3,(H,16,17,18). The van der Waals surface area contributed by atoms with Gasteiger partial charge in [-0.1, -0.05) is 20.8 Å². The second-order valence-corrected chi connectivity index (χ2v) is 6.16. The number of rotatable bonds is 4. The average Bonchev–Trinajstić information content (AvgIpc) is 2.36. The predicted molar refractivity (Wildman–Crippen MR) is 80.7 cm³/mol. The minimum absolute atomic E-state index is 0.600. The van der Waals surface area contributed by atoms with E-state index in [0.717, 1.165) is 43.0 Å². The van der Waals surface area contributed by atoms with Crippen LogP contribution in [-0.2, 0) is 0 Å². The molecule has 1 atom stereocenters. The molecule has 0 aliphatic carbocycles. The van der Waals surface area contributed by atoms with Crippen LogP contribution in [0.1, 0.15) is 39.3 Å². The highest BCUT2D eigenvalue weighted by molar-refractivity contribution is 5.45. The highest BCUT2D eigenvalue weighted by atomic mass is 15.2. The van der Waals surface area contributed by atoms with E-state index in [1.54, 1.807) is 0 Å². The van der Waals surface area contributed by atoms with Crippen LogP contribution in [0, 0.1) is 18.8 Å². The molecule has 1 aliphatic rings. The Labute approximate surface area is 116 Å². The fourth-order valence-electron chi connectivity index (χ4n) is 2.49. The Hall–Kier alpha value is -1.32. The van der Waals surface area contributed by atoms with E-state index in [4.69, 9.17) is 0 Å². The molecule has 2 heterocycles. The molecule has 0 amide bonds. The molecule has 106 valence electrons. The third-order valence-electron chi connectivity index (χ3n) is 3.49. The normalized spacial score (nSPS) is 19.8. The van der Waals surface area contributed by atoms with Gasteiger partial charge in [0.25, 0.3) is 0 Å². The molecule has 19 heavy (non-hydrogen) atoms. The Morgan fingerprint density at radius 1 is 1.42 bits per heavy atom. The first-order valence-corrected chi connectivity index (χ1v) is 7.39.